The van der Waals surface area contributed by atoms with Crippen LogP contribution in [0.2, 0.25) is 0 Å². The minimum absolute atomic E-state index is 0.0563. The number of benzene rings is 1. The maximum atomic E-state index is 14.8. The molecule has 3 amide bonds. The first-order valence-corrected chi connectivity index (χ1v) is 19.8. The lowest BCUT2D eigenvalue weighted by Gasteiger charge is -2.49. The van der Waals surface area contributed by atoms with Gasteiger partial charge in [0.1, 0.15) is 10.6 Å². The summed E-state index contributed by atoms with van der Waals surface area (Å²) in [5.74, 6) is -2.70. The molecule has 0 spiro atoms. The van der Waals surface area contributed by atoms with E-state index in [2.05, 4.69) is 4.98 Å². The molecule has 2 aliphatic rings. The van der Waals surface area contributed by atoms with Gasteiger partial charge in [-0.05, 0) is 55.7 Å². The maximum absolute atomic E-state index is 14.8. The van der Waals surface area contributed by atoms with Crippen LogP contribution in [0.15, 0.2) is 66.3 Å². The van der Waals surface area contributed by atoms with Crippen molar-refractivity contribution in [2.75, 3.05) is 25.9 Å². The Morgan fingerprint density at radius 2 is 1.76 bits per heavy atom. The molecule has 2 saturated heterocycles. The topological polar surface area (TPSA) is 126 Å². The number of thiophene rings is 1. The summed E-state index contributed by atoms with van der Waals surface area (Å²) < 4.78 is 114. The number of hydrogen-bond donors (Lipinski definition) is 1. The summed E-state index contributed by atoms with van der Waals surface area (Å²) >= 11 is 0.360. The molecule has 0 saturated carbocycles. The standard InChI is InChI=1S/C36H38F6N4O6S2/c1-3-7-29-34(52-25-20-30(53-22-25)36(40,41)42,15-6-17-46(29)32(48)27-21-43-16-12-28(27)35(37,38)39)33(49)45-18-13-24(14-19-45)26-9-5-4-8-23(26)10-11-31(47)44-54(2,50)51/h3-5,7-9,12,16,20-22,24,29H,6,10-11,13-15,17-19H2,1-2H3,(H,44,47)/b7-3+/t29-,34+/m1/s1. The smallest absolute Gasteiger partial charge is 0.425 e. The second-order valence-electron chi connectivity index (χ2n) is 13.2. The zero-order chi connectivity index (χ0) is 39.5. The van der Waals surface area contributed by atoms with Gasteiger partial charge >= 0.3 is 12.4 Å². The van der Waals surface area contributed by atoms with Crippen LogP contribution in [0, 0.1) is 0 Å². The number of piperidine rings is 2. The van der Waals surface area contributed by atoms with Crippen molar-refractivity contribution in [2.45, 2.75) is 75.4 Å². The summed E-state index contributed by atoms with van der Waals surface area (Å²) in [7, 11) is -3.72. The number of nitrogens with one attached hydrogen (secondary N) is 1. The fraction of sp³-hybridized carbons (Fsp3) is 0.444. The molecule has 292 valence electrons. The quantitative estimate of drug-likeness (QED) is 0.181. The average molecular weight is 801 g/mol. The van der Waals surface area contributed by atoms with Gasteiger partial charge in [-0.2, -0.15) is 26.3 Å². The van der Waals surface area contributed by atoms with Gasteiger partial charge in [0, 0.05) is 56.3 Å². The Morgan fingerprint density at radius 1 is 1.06 bits per heavy atom. The highest BCUT2D eigenvalue weighted by Crippen LogP contribution is 2.43. The van der Waals surface area contributed by atoms with E-state index in [1.54, 1.807) is 13.0 Å². The number of carbonyl (C=O) groups excluding carboxylic acids is 3. The zero-order valence-electron chi connectivity index (χ0n) is 29.2. The normalized spacial score (nSPS) is 20.3. The molecule has 2 atom stereocenters. The third-order valence-electron chi connectivity index (χ3n) is 9.47. The van der Waals surface area contributed by atoms with E-state index < -0.39 is 67.7 Å². The van der Waals surface area contributed by atoms with Crippen LogP contribution in [0.3, 0.4) is 0 Å². The Balaban J connectivity index is 1.46. The van der Waals surface area contributed by atoms with E-state index in [4.69, 9.17) is 4.74 Å². The zero-order valence-corrected chi connectivity index (χ0v) is 30.9. The number of amides is 3. The van der Waals surface area contributed by atoms with Gasteiger partial charge in [0.05, 0.1) is 23.4 Å². The summed E-state index contributed by atoms with van der Waals surface area (Å²) in [5, 5.41) is 1.10. The molecule has 10 nitrogen and oxygen atoms in total. The van der Waals surface area contributed by atoms with E-state index in [1.165, 1.54) is 17.1 Å². The molecular formula is C36H38F6N4O6S2. The van der Waals surface area contributed by atoms with Crippen molar-refractivity contribution in [1.29, 1.82) is 0 Å². The minimum Gasteiger partial charge on any atom is -0.474 e. The number of alkyl halides is 6. The van der Waals surface area contributed by atoms with Crippen LogP contribution in [0.1, 0.15) is 76.9 Å². The first-order valence-electron chi connectivity index (χ1n) is 17.0. The van der Waals surface area contributed by atoms with E-state index in [9.17, 15) is 49.1 Å². The number of aromatic nitrogens is 1. The summed E-state index contributed by atoms with van der Waals surface area (Å²) in [6.45, 7) is 1.85. The number of pyridine rings is 1. The molecule has 2 fully saturated rings. The summed E-state index contributed by atoms with van der Waals surface area (Å²) in [6, 6.07) is 7.47. The lowest BCUT2D eigenvalue weighted by atomic mass is 9.80. The van der Waals surface area contributed by atoms with Gasteiger partial charge in [0.15, 0.2) is 0 Å². The van der Waals surface area contributed by atoms with Crippen molar-refractivity contribution < 1.29 is 53.9 Å². The van der Waals surface area contributed by atoms with Gasteiger partial charge in [-0.25, -0.2) is 8.42 Å². The van der Waals surface area contributed by atoms with Gasteiger partial charge in [-0.3, -0.25) is 24.1 Å². The molecule has 0 unspecified atom stereocenters. The first-order chi connectivity index (χ1) is 25.3. The van der Waals surface area contributed by atoms with Crippen LogP contribution in [0.25, 0.3) is 0 Å². The van der Waals surface area contributed by atoms with Gasteiger partial charge in [-0.15, -0.1) is 11.3 Å². The third kappa shape index (κ3) is 9.25. The highest BCUT2D eigenvalue weighted by Gasteiger charge is 2.55. The summed E-state index contributed by atoms with van der Waals surface area (Å²) in [6.07, 6.45) is -2.99. The molecule has 5 rings (SSSR count). The van der Waals surface area contributed by atoms with Crippen molar-refractivity contribution in [3.05, 3.63) is 93.5 Å². The lowest BCUT2D eigenvalue weighted by molar-refractivity contribution is -0.157. The van der Waals surface area contributed by atoms with E-state index >= 15 is 0 Å². The molecule has 0 aliphatic carbocycles. The number of ether oxygens (including phenoxy) is 1. The number of hydrogen-bond acceptors (Lipinski definition) is 8. The van der Waals surface area contributed by atoms with Crippen LogP contribution >= 0.6 is 11.3 Å². The Bertz CT molecular complexity index is 1990. The lowest BCUT2D eigenvalue weighted by Crippen LogP contribution is -2.68. The molecule has 3 aromatic rings. The van der Waals surface area contributed by atoms with Crippen molar-refractivity contribution in [2.24, 2.45) is 0 Å². The van der Waals surface area contributed by atoms with E-state index in [1.807, 2.05) is 22.9 Å². The number of sulfonamides is 1. The molecule has 1 N–H and O–H groups in total. The fourth-order valence-electron chi connectivity index (χ4n) is 7.13. The Hall–Kier alpha value is -4.45. The number of likely N-dealkylation sites (tertiary alicyclic amines) is 2. The van der Waals surface area contributed by atoms with Crippen LogP contribution < -0.4 is 9.46 Å². The Morgan fingerprint density at radius 3 is 2.39 bits per heavy atom. The van der Waals surface area contributed by atoms with Crippen molar-refractivity contribution in [1.82, 2.24) is 19.5 Å². The summed E-state index contributed by atoms with van der Waals surface area (Å²) in [4.78, 5) is 46.4. The number of carbonyl (C=O) groups is 3. The van der Waals surface area contributed by atoms with Crippen molar-refractivity contribution in [3.8, 4) is 5.75 Å². The largest absolute Gasteiger partial charge is 0.474 e. The fourth-order valence-corrected chi connectivity index (χ4v) is 8.33. The highest BCUT2D eigenvalue weighted by atomic mass is 32.2. The number of nitrogens with zero attached hydrogens (tertiary/aromatic N) is 3. The number of halogens is 6. The van der Waals surface area contributed by atoms with Crippen LogP contribution in [-0.4, -0.2) is 78.5 Å². The molecule has 1 aromatic carbocycles. The predicted octanol–water partition coefficient (Wildman–Crippen LogP) is 6.59. The molecule has 0 bridgehead atoms. The second kappa shape index (κ2) is 16.1. The minimum atomic E-state index is -4.90. The monoisotopic (exact) mass is 800 g/mol. The molecular weight excluding hydrogens is 763 g/mol. The number of allylic oxidation sites excluding steroid dienone is 1. The molecule has 18 heteroatoms. The van der Waals surface area contributed by atoms with Crippen molar-refractivity contribution in [3.63, 3.8) is 0 Å². The average Bonchev–Trinajstić information content (AvgIpc) is 3.59. The highest BCUT2D eigenvalue weighted by molar-refractivity contribution is 7.89. The second-order valence-corrected chi connectivity index (χ2v) is 15.9. The molecule has 2 aromatic heterocycles. The van der Waals surface area contributed by atoms with E-state index in [0.29, 0.717) is 30.2 Å². The summed E-state index contributed by atoms with van der Waals surface area (Å²) in [5.41, 5.74) is -2.24. The van der Waals surface area contributed by atoms with E-state index in [0.717, 1.165) is 46.1 Å². The first kappa shape index (κ1) is 40.7. The molecule has 2 aliphatic heterocycles. The third-order valence-corrected chi connectivity index (χ3v) is 11.0. The number of rotatable bonds is 10. The van der Waals surface area contributed by atoms with Gasteiger partial charge in [-0.1, -0.05) is 36.4 Å². The predicted molar refractivity (Wildman–Crippen MR) is 187 cm³/mol. The maximum Gasteiger partial charge on any atom is 0.425 e. The molecule has 4 heterocycles. The van der Waals surface area contributed by atoms with Gasteiger partial charge in [0.25, 0.3) is 11.8 Å². The van der Waals surface area contributed by atoms with Crippen molar-refractivity contribution >= 4 is 39.1 Å². The SMILES string of the molecule is C/C=C/[C@H]1N(C(=O)c2cnccc2C(F)(F)F)CCC[C@@]1(Oc1csc(C(F)(F)F)c1)C(=O)N1CCC(c2ccccc2CCC(=O)NS(C)(=O)=O)CC1. The Kier molecular flexibility index (Phi) is 12.1. The van der Waals surface area contributed by atoms with E-state index in [-0.39, 0.29) is 57.0 Å². The molecule has 54 heavy (non-hydrogen) atoms. The Labute approximate surface area is 312 Å². The molecule has 0 radical (unpaired) electrons. The van der Waals surface area contributed by atoms with Gasteiger partial charge < -0.3 is 14.5 Å². The number of aryl methyl sites for hydroxylation is 1. The van der Waals surface area contributed by atoms with Crippen LogP contribution in [0.5, 0.6) is 5.75 Å². The van der Waals surface area contributed by atoms with Gasteiger partial charge in [0.2, 0.25) is 21.5 Å². The van der Waals surface area contributed by atoms with Crippen LogP contribution in [0.4, 0.5) is 26.3 Å². The van der Waals surface area contributed by atoms with Crippen LogP contribution in [-0.2, 0) is 38.4 Å².